The first-order chi connectivity index (χ1) is 9.69. The van der Waals surface area contributed by atoms with Crippen LogP contribution in [-0.2, 0) is 26.5 Å². The molecule has 20 heavy (non-hydrogen) atoms. The second-order valence-electron chi connectivity index (χ2n) is 4.45. The van der Waals surface area contributed by atoms with E-state index in [1.807, 2.05) is 25.2 Å². The highest BCUT2D eigenvalue weighted by molar-refractivity contribution is 5.43. The Morgan fingerprint density at radius 1 is 1.15 bits per heavy atom. The van der Waals surface area contributed by atoms with Gasteiger partial charge in [0.2, 0.25) is 0 Å². The summed E-state index contributed by atoms with van der Waals surface area (Å²) >= 11 is 0. The highest BCUT2D eigenvalue weighted by atomic mass is 16.5. The molecule has 6 nitrogen and oxygen atoms in total. The van der Waals surface area contributed by atoms with Crippen molar-refractivity contribution in [1.82, 2.24) is 15.0 Å². The van der Waals surface area contributed by atoms with Crippen molar-refractivity contribution in [2.45, 2.75) is 19.4 Å². The van der Waals surface area contributed by atoms with E-state index in [0.29, 0.717) is 5.69 Å². The molecule has 0 radical (unpaired) electrons. The summed E-state index contributed by atoms with van der Waals surface area (Å²) in [6, 6.07) is 5.85. The van der Waals surface area contributed by atoms with Gasteiger partial charge in [-0.05, 0) is 30.5 Å². The first-order valence-corrected chi connectivity index (χ1v) is 6.38. The van der Waals surface area contributed by atoms with E-state index in [1.54, 1.807) is 18.9 Å². The van der Waals surface area contributed by atoms with Gasteiger partial charge in [-0.3, -0.25) is 4.68 Å². The van der Waals surface area contributed by atoms with Crippen LogP contribution in [0.2, 0.25) is 0 Å². The zero-order valence-corrected chi connectivity index (χ0v) is 12.0. The summed E-state index contributed by atoms with van der Waals surface area (Å²) in [5.41, 5.74) is 2.71. The second-order valence-corrected chi connectivity index (χ2v) is 4.45. The van der Waals surface area contributed by atoms with E-state index in [-0.39, 0.29) is 6.61 Å². The van der Waals surface area contributed by atoms with Crippen LogP contribution in [0.3, 0.4) is 0 Å². The molecule has 0 spiro atoms. The molecule has 0 aliphatic heterocycles. The molecule has 108 valence electrons. The molecule has 1 heterocycles. The maximum absolute atomic E-state index is 9.23. The third kappa shape index (κ3) is 2.91. The molecular formula is C14H19N3O3. The minimum absolute atomic E-state index is 0.0882. The average Bonchev–Trinajstić information content (AvgIpc) is 2.85. The molecule has 0 unspecified atom stereocenters. The fourth-order valence-electron chi connectivity index (χ4n) is 2.15. The fourth-order valence-corrected chi connectivity index (χ4v) is 2.15. The zero-order chi connectivity index (χ0) is 14.5. The van der Waals surface area contributed by atoms with Gasteiger partial charge in [0.1, 0.15) is 5.69 Å². The number of rotatable bonds is 6. The van der Waals surface area contributed by atoms with E-state index in [0.717, 1.165) is 35.6 Å². The van der Waals surface area contributed by atoms with Crippen molar-refractivity contribution < 1.29 is 14.6 Å². The summed E-state index contributed by atoms with van der Waals surface area (Å²) in [7, 11) is 5.07. The van der Waals surface area contributed by atoms with Gasteiger partial charge in [-0.25, -0.2) is 0 Å². The Hall–Kier alpha value is -2.08. The van der Waals surface area contributed by atoms with Crippen molar-refractivity contribution in [3.63, 3.8) is 0 Å². The molecule has 0 aliphatic rings. The topological polar surface area (TPSA) is 69.4 Å². The van der Waals surface area contributed by atoms with Crippen LogP contribution in [0.15, 0.2) is 18.2 Å². The average molecular weight is 277 g/mol. The standard InChI is InChI=1S/C14H19N3O3/c1-17-12(11(9-18)15-16-17)6-4-10-5-7-13(19-2)14(8-10)20-3/h5,7-8,18H,4,6,9H2,1-3H3. The van der Waals surface area contributed by atoms with E-state index in [2.05, 4.69) is 10.3 Å². The second kappa shape index (κ2) is 6.38. The van der Waals surface area contributed by atoms with E-state index in [4.69, 9.17) is 9.47 Å². The minimum atomic E-state index is -0.0882. The van der Waals surface area contributed by atoms with E-state index in [1.165, 1.54) is 0 Å². The lowest BCUT2D eigenvalue weighted by atomic mass is 10.1. The fraction of sp³-hybridized carbons (Fsp3) is 0.429. The first kappa shape index (κ1) is 14.3. The number of benzene rings is 1. The Morgan fingerprint density at radius 2 is 1.90 bits per heavy atom. The maximum Gasteiger partial charge on any atom is 0.160 e. The van der Waals surface area contributed by atoms with Crippen LogP contribution < -0.4 is 9.47 Å². The molecule has 2 rings (SSSR count). The number of aryl methyl sites for hydroxylation is 2. The quantitative estimate of drug-likeness (QED) is 0.856. The van der Waals surface area contributed by atoms with Crippen LogP contribution in [0.4, 0.5) is 0 Å². The lowest BCUT2D eigenvalue weighted by molar-refractivity contribution is 0.275. The third-order valence-electron chi connectivity index (χ3n) is 3.27. The van der Waals surface area contributed by atoms with Crippen LogP contribution in [0.5, 0.6) is 11.5 Å². The minimum Gasteiger partial charge on any atom is -0.493 e. The molecule has 2 aromatic rings. The van der Waals surface area contributed by atoms with Gasteiger partial charge in [0, 0.05) is 7.05 Å². The maximum atomic E-state index is 9.23. The molecule has 0 atom stereocenters. The van der Waals surface area contributed by atoms with Gasteiger partial charge in [-0.2, -0.15) is 0 Å². The molecule has 0 aliphatic carbocycles. The van der Waals surface area contributed by atoms with Gasteiger partial charge >= 0.3 is 0 Å². The summed E-state index contributed by atoms with van der Waals surface area (Å²) in [5.74, 6) is 1.44. The monoisotopic (exact) mass is 277 g/mol. The lowest BCUT2D eigenvalue weighted by Gasteiger charge is -2.09. The Balaban J connectivity index is 2.12. The van der Waals surface area contributed by atoms with Crippen LogP contribution >= 0.6 is 0 Å². The molecule has 0 saturated carbocycles. The van der Waals surface area contributed by atoms with Gasteiger partial charge in [0.15, 0.2) is 11.5 Å². The molecule has 1 aromatic carbocycles. The van der Waals surface area contributed by atoms with Gasteiger partial charge in [0.05, 0.1) is 26.5 Å². The molecule has 1 aromatic heterocycles. The van der Waals surface area contributed by atoms with Crippen molar-refractivity contribution in [1.29, 1.82) is 0 Å². The van der Waals surface area contributed by atoms with Gasteiger partial charge in [0.25, 0.3) is 0 Å². The smallest absolute Gasteiger partial charge is 0.160 e. The van der Waals surface area contributed by atoms with Crippen LogP contribution in [-0.4, -0.2) is 34.3 Å². The van der Waals surface area contributed by atoms with Crippen molar-refractivity contribution in [2.75, 3.05) is 14.2 Å². The predicted molar refractivity (Wildman–Crippen MR) is 73.9 cm³/mol. The Kier molecular flexibility index (Phi) is 4.57. The Bertz CT molecular complexity index is 581. The molecule has 6 heteroatoms. The Morgan fingerprint density at radius 3 is 2.55 bits per heavy atom. The highest BCUT2D eigenvalue weighted by Crippen LogP contribution is 2.28. The summed E-state index contributed by atoms with van der Waals surface area (Å²) in [4.78, 5) is 0. The molecule has 0 fully saturated rings. The van der Waals surface area contributed by atoms with E-state index < -0.39 is 0 Å². The van der Waals surface area contributed by atoms with Crippen molar-refractivity contribution in [3.8, 4) is 11.5 Å². The predicted octanol–water partition coefficient (Wildman–Crippen LogP) is 1.11. The first-order valence-electron chi connectivity index (χ1n) is 6.38. The number of aliphatic hydroxyl groups is 1. The Labute approximate surface area is 117 Å². The molecule has 0 saturated heterocycles. The van der Waals surface area contributed by atoms with Crippen LogP contribution in [0.1, 0.15) is 17.0 Å². The highest BCUT2D eigenvalue weighted by Gasteiger charge is 2.10. The third-order valence-corrected chi connectivity index (χ3v) is 3.27. The number of aromatic nitrogens is 3. The summed E-state index contributed by atoms with van der Waals surface area (Å²) in [6.45, 7) is -0.0882. The number of aliphatic hydroxyl groups excluding tert-OH is 1. The van der Waals surface area contributed by atoms with E-state index in [9.17, 15) is 5.11 Å². The normalized spacial score (nSPS) is 10.6. The zero-order valence-electron chi connectivity index (χ0n) is 12.0. The summed E-state index contributed by atoms with van der Waals surface area (Å²) < 4.78 is 12.2. The molecular weight excluding hydrogens is 258 g/mol. The van der Waals surface area contributed by atoms with Crippen molar-refractivity contribution in [2.24, 2.45) is 7.05 Å². The SMILES string of the molecule is COc1ccc(CCc2c(CO)nnn2C)cc1OC. The van der Waals surface area contributed by atoms with Crippen molar-refractivity contribution >= 4 is 0 Å². The summed E-state index contributed by atoms with van der Waals surface area (Å²) in [6.07, 6.45) is 1.57. The van der Waals surface area contributed by atoms with E-state index >= 15 is 0 Å². The number of nitrogens with zero attached hydrogens (tertiary/aromatic N) is 3. The number of ether oxygens (including phenoxy) is 2. The van der Waals surface area contributed by atoms with Crippen molar-refractivity contribution in [3.05, 3.63) is 35.2 Å². The largest absolute Gasteiger partial charge is 0.493 e. The van der Waals surface area contributed by atoms with Crippen LogP contribution in [0.25, 0.3) is 0 Å². The van der Waals surface area contributed by atoms with Gasteiger partial charge < -0.3 is 14.6 Å². The molecule has 0 bridgehead atoms. The lowest BCUT2D eigenvalue weighted by Crippen LogP contribution is -2.03. The van der Waals surface area contributed by atoms with Gasteiger partial charge in [-0.1, -0.05) is 11.3 Å². The number of hydrogen-bond acceptors (Lipinski definition) is 5. The van der Waals surface area contributed by atoms with Gasteiger partial charge in [-0.15, -0.1) is 5.10 Å². The van der Waals surface area contributed by atoms with Crippen LogP contribution in [0, 0.1) is 0 Å². The molecule has 1 N–H and O–H groups in total. The number of methoxy groups -OCH3 is 2. The number of hydrogen-bond donors (Lipinski definition) is 1. The summed E-state index contributed by atoms with van der Waals surface area (Å²) in [5, 5.41) is 17.1. The molecule has 0 amide bonds.